The fourth-order valence-electron chi connectivity index (χ4n) is 1.18. The Bertz CT molecular complexity index is 121. The maximum absolute atomic E-state index is 9.54. The monoisotopic (exact) mass is 156 g/mol. The van der Waals surface area contributed by atoms with Gasteiger partial charge < -0.3 is 5.11 Å². The minimum atomic E-state index is 0.373. The summed E-state index contributed by atoms with van der Waals surface area (Å²) in [5.74, 6) is 1.40. The fraction of sp³-hybridized carbons (Fsp3) is 0.800. The predicted molar refractivity (Wildman–Crippen MR) is 49.6 cm³/mol. The van der Waals surface area contributed by atoms with E-state index in [2.05, 4.69) is 27.7 Å². The van der Waals surface area contributed by atoms with Gasteiger partial charge >= 0.3 is 0 Å². The van der Waals surface area contributed by atoms with E-state index in [0.717, 1.165) is 12.8 Å². The number of allylic oxidation sites excluding steroid dienone is 2. The minimum absolute atomic E-state index is 0.373. The molecule has 0 unspecified atom stereocenters. The molecule has 0 aromatic rings. The first-order valence-corrected chi connectivity index (χ1v) is 4.52. The normalized spacial score (nSPS) is 13.1. The summed E-state index contributed by atoms with van der Waals surface area (Å²) in [6.45, 7) is 8.38. The number of aliphatic hydroxyl groups excluding tert-OH is 1. The van der Waals surface area contributed by atoms with Gasteiger partial charge in [-0.2, -0.15) is 0 Å². The zero-order valence-corrected chi connectivity index (χ0v) is 8.09. The lowest BCUT2D eigenvalue weighted by Gasteiger charge is -2.11. The highest BCUT2D eigenvalue weighted by atomic mass is 16.3. The molecule has 66 valence electrons. The Morgan fingerprint density at radius 2 is 1.73 bits per heavy atom. The molecule has 0 aromatic carbocycles. The molecule has 0 heterocycles. The highest BCUT2D eigenvalue weighted by molar-refractivity contribution is 4.97. The van der Waals surface area contributed by atoms with Crippen LogP contribution in [0, 0.1) is 11.8 Å². The summed E-state index contributed by atoms with van der Waals surface area (Å²) in [5.41, 5.74) is 0. The van der Waals surface area contributed by atoms with Crippen LogP contribution in [0.1, 0.15) is 40.5 Å². The van der Waals surface area contributed by atoms with Crippen LogP contribution < -0.4 is 0 Å². The second-order valence-corrected chi connectivity index (χ2v) is 3.35. The molecule has 0 aliphatic heterocycles. The molecule has 0 aliphatic carbocycles. The van der Waals surface area contributed by atoms with Gasteiger partial charge in [-0.3, -0.25) is 0 Å². The molecule has 0 spiro atoms. The van der Waals surface area contributed by atoms with Crippen molar-refractivity contribution >= 4 is 0 Å². The smallest absolute Gasteiger partial charge is 0.0916 e. The van der Waals surface area contributed by atoms with Gasteiger partial charge in [-0.1, -0.05) is 27.7 Å². The van der Waals surface area contributed by atoms with E-state index in [9.17, 15) is 5.11 Å². The van der Waals surface area contributed by atoms with Gasteiger partial charge in [-0.05, 0) is 24.8 Å². The van der Waals surface area contributed by atoms with E-state index in [1.807, 2.05) is 6.08 Å². The third-order valence-electron chi connectivity index (χ3n) is 1.91. The fourth-order valence-corrected chi connectivity index (χ4v) is 1.18. The van der Waals surface area contributed by atoms with E-state index in [1.54, 1.807) is 0 Å². The van der Waals surface area contributed by atoms with Crippen LogP contribution in [0.3, 0.4) is 0 Å². The highest BCUT2D eigenvalue weighted by Crippen LogP contribution is 2.17. The van der Waals surface area contributed by atoms with Gasteiger partial charge in [0.25, 0.3) is 0 Å². The topological polar surface area (TPSA) is 20.2 Å². The van der Waals surface area contributed by atoms with Crippen molar-refractivity contribution in [1.82, 2.24) is 0 Å². The van der Waals surface area contributed by atoms with E-state index in [0.29, 0.717) is 17.6 Å². The van der Waals surface area contributed by atoms with Crippen molar-refractivity contribution in [2.45, 2.75) is 40.5 Å². The Kier molecular flexibility index (Phi) is 5.01. The average molecular weight is 156 g/mol. The molecule has 0 rings (SSSR count). The van der Waals surface area contributed by atoms with Gasteiger partial charge in [0.2, 0.25) is 0 Å². The van der Waals surface area contributed by atoms with E-state index in [-0.39, 0.29) is 0 Å². The molecule has 1 nitrogen and oxygen atoms in total. The predicted octanol–water partition coefficient (Wildman–Crippen LogP) is 3.52. The zero-order valence-electron chi connectivity index (χ0n) is 8.09. The molecule has 0 atom stereocenters. The van der Waals surface area contributed by atoms with Crippen LogP contribution in [-0.2, 0) is 0 Å². The van der Waals surface area contributed by atoms with E-state index >= 15 is 0 Å². The SMILES string of the molecule is CCC(CC)C(O)=CC(C)C. The molecule has 0 radical (unpaired) electrons. The number of aliphatic hydroxyl groups is 1. The van der Waals surface area contributed by atoms with Crippen LogP contribution in [0.2, 0.25) is 0 Å². The van der Waals surface area contributed by atoms with Crippen molar-refractivity contribution in [3.05, 3.63) is 11.8 Å². The lowest BCUT2D eigenvalue weighted by molar-refractivity contribution is 0.313. The lowest BCUT2D eigenvalue weighted by Crippen LogP contribution is -2.01. The average Bonchev–Trinajstić information content (AvgIpc) is 1.88. The third-order valence-corrected chi connectivity index (χ3v) is 1.91. The van der Waals surface area contributed by atoms with Crippen LogP contribution in [0.15, 0.2) is 11.8 Å². The summed E-state index contributed by atoms with van der Waals surface area (Å²) in [6, 6.07) is 0. The summed E-state index contributed by atoms with van der Waals surface area (Å²) < 4.78 is 0. The molecule has 1 heteroatoms. The third kappa shape index (κ3) is 4.07. The first-order valence-electron chi connectivity index (χ1n) is 4.52. The van der Waals surface area contributed by atoms with Gasteiger partial charge in [0.15, 0.2) is 0 Å². The van der Waals surface area contributed by atoms with Gasteiger partial charge in [0.1, 0.15) is 0 Å². The summed E-state index contributed by atoms with van der Waals surface area (Å²) in [7, 11) is 0. The Balaban J connectivity index is 4.07. The zero-order chi connectivity index (χ0) is 8.85. The molecule has 0 aromatic heterocycles. The van der Waals surface area contributed by atoms with Crippen LogP contribution in [0.4, 0.5) is 0 Å². The first-order chi connectivity index (χ1) is 5.11. The number of hydrogen-bond donors (Lipinski definition) is 1. The highest BCUT2D eigenvalue weighted by Gasteiger charge is 2.08. The first kappa shape index (κ1) is 10.5. The maximum Gasteiger partial charge on any atom is 0.0916 e. The molecule has 0 amide bonds. The Hall–Kier alpha value is -0.460. The Labute approximate surface area is 70.1 Å². The van der Waals surface area contributed by atoms with Gasteiger partial charge in [0.05, 0.1) is 5.76 Å². The van der Waals surface area contributed by atoms with Gasteiger partial charge in [0, 0.05) is 5.92 Å². The van der Waals surface area contributed by atoms with Gasteiger partial charge in [-0.25, -0.2) is 0 Å². The molecule has 11 heavy (non-hydrogen) atoms. The Morgan fingerprint density at radius 3 is 2.00 bits per heavy atom. The second kappa shape index (κ2) is 5.22. The summed E-state index contributed by atoms with van der Waals surface area (Å²) in [6.07, 6.45) is 4.01. The molecule has 1 N–H and O–H groups in total. The standard InChI is InChI=1S/C10H20O/c1-5-9(6-2)10(11)7-8(3)4/h7-9,11H,5-6H2,1-4H3. The summed E-state index contributed by atoms with van der Waals surface area (Å²) in [4.78, 5) is 0. The van der Waals surface area contributed by atoms with E-state index < -0.39 is 0 Å². The molecule has 0 fully saturated rings. The molecule has 0 aliphatic rings. The van der Waals surface area contributed by atoms with Crippen LogP contribution in [0.25, 0.3) is 0 Å². The molecular weight excluding hydrogens is 136 g/mol. The molecule has 0 saturated heterocycles. The van der Waals surface area contributed by atoms with Crippen molar-refractivity contribution in [3.63, 3.8) is 0 Å². The van der Waals surface area contributed by atoms with Crippen LogP contribution >= 0.6 is 0 Å². The van der Waals surface area contributed by atoms with Crippen molar-refractivity contribution in [2.24, 2.45) is 11.8 Å². The Morgan fingerprint density at radius 1 is 1.27 bits per heavy atom. The summed E-state index contributed by atoms with van der Waals surface area (Å²) in [5, 5.41) is 9.54. The van der Waals surface area contributed by atoms with Crippen LogP contribution in [-0.4, -0.2) is 5.11 Å². The number of hydrogen-bond acceptors (Lipinski definition) is 1. The van der Waals surface area contributed by atoms with Crippen molar-refractivity contribution in [1.29, 1.82) is 0 Å². The van der Waals surface area contributed by atoms with E-state index in [4.69, 9.17) is 0 Å². The van der Waals surface area contributed by atoms with Crippen LogP contribution in [0.5, 0.6) is 0 Å². The summed E-state index contributed by atoms with van der Waals surface area (Å²) >= 11 is 0. The minimum Gasteiger partial charge on any atom is -0.512 e. The van der Waals surface area contributed by atoms with E-state index in [1.165, 1.54) is 0 Å². The van der Waals surface area contributed by atoms with Gasteiger partial charge in [-0.15, -0.1) is 0 Å². The second-order valence-electron chi connectivity index (χ2n) is 3.35. The van der Waals surface area contributed by atoms with Crippen molar-refractivity contribution in [2.75, 3.05) is 0 Å². The lowest BCUT2D eigenvalue weighted by atomic mass is 9.99. The number of rotatable bonds is 4. The van der Waals surface area contributed by atoms with Crippen molar-refractivity contribution in [3.8, 4) is 0 Å². The molecular formula is C10H20O. The quantitative estimate of drug-likeness (QED) is 0.617. The molecule has 0 saturated carbocycles. The maximum atomic E-state index is 9.54. The largest absolute Gasteiger partial charge is 0.512 e. The molecule has 0 bridgehead atoms. The van der Waals surface area contributed by atoms with Crippen molar-refractivity contribution < 1.29 is 5.11 Å².